The molecule has 200 valence electrons. The number of hydrogen-bond acceptors (Lipinski definition) is 5. The Morgan fingerprint density at radius 1 is 0.919 bits per heavy atom. The highest BCUT2D eigenvalue weighted by atomic mass is 35.5. The molecule has 0 unspecified atom stereocenters. The molecule has 6 nitrogen and oxygen atoms in total. The zero-order valence-electron chi connectivity index (χ0n) is 21.1. The van der Waals surface area contributed by atoms with E-state index in [4.69, 9.17) is 4.74 Å². The van der Waals surface area contributed by atoms with Gasteiger partial charge in [-0.2, -0.15) is 0 Å². The van der Waals surface area contributed by atoms with Crippen molar-refractivity contribution in [1.29, 1.82) is 0 Å². The quantitative estimate of drug-likeness (QED) is 0.230. The van der Waals surface area contributed by atoms with E-state index >= 15 is 0 Å². The van der Waals surface area contributed by atoms with Crippen molar-refractivity contribution in [2.75, 3.05) is 31.6 Å². The minimum absolute atomic E-state index is 0. The van der Waals surface area contributed by atoms with Crippen molar-refractivity contribution in [2.45, 2.75) is 19.9 Å². The normalized spacial score (nSPS) is 10.2. The molecular weight excluding hydrogens is 531 g/mol. The first-order chi connectivity index (χ1) is 16.6. The second-order valence-corrected chi connectivity index (χ2v) is 8.58. The molecule has 2 aromatic heterocycles. The van der Waals surface area contributed by atoms with Crippen molar-refractivity contribution in [3.63, 3.8) is 0 Å². The molecule has 0 aliphatic heterocycles. The van der Waals surface area contributed by atoms with Gasteiger partial charge in [0.05, 0.1) is 12.1 Å². The third-order valence-electron chi connectivity index (χ3n) is 5.95. The smallest absolute Gasteiger partial charge is 0.250 e. The van der Waals surface area contributed by atoms with Crippen LogP contribution in [0.2, 0.25) is 0 Å². The molecule has 0 atom stereocenters. The fraction of sp³-hybridized carbons (Fsp3) is 0.286. The zero-order valence-corrected chi connectivity index (χ0v) is 23.6. The van der Waals surface area contributed by atoms with Crippen LogP contribution < -0.4 is 15.6 Å². The lowest BCUT2D eigenvalue weighted by atomic mass is 10.2. The third kappa shape index (κ3) is 9.56. The first kappa shape index (κ1) is 32.3. The zero-order chi connectivity index (χ0) is 23.8. The van der Waals surface area contributed by atoms with Gasteiger partial charge in [-0.15, -0.1) is 37.2 Å². The second kappa shape index (κ2) is 16.2. The van der Waals surface area contributed by atoms with E-state index in [9.17, 15) is 4.79 Å². The number of pyridine rings is 2. The maximum atomic E-state index is 11.8. The number of ether oxygens (including phenoxy) is 1. The lowest BCUT2D eigenvalue weighted by Gasteiger charge is -2.23. The molecule has 1 N–H and O–H groups in total. The number of halogens is 3. The Hall–Kier alpha value is -2.77. The summed E-state index contributed by atoms with van der Waals surface area (Å²) in [6.45, 7) is 6.35. The fourth-order valence-corrected chi connectivity index (χ4v) is 3.98. The predicted molar refractivity (Wildman–Crippen MR) is 160 cm³/mol. The summed E-state index contributed by atoms with van der Waals surface area (Å²) < 4.78 is 7.68. The summed E-state index contributed by atoms with van der Waals surface area (Å²) in [5, 5.41) is 4.52. The Morgan fingerprint density at radius 2 is 1.65 bits per heavy atom. The van der Waals surface area contributed by atoms with Gasteiger partial charge < -0.3 is 14.6 Å². The number of nitrogens with one attached hydrogen (secondary N) is 1. The van der Waals surface area contributed by atoms with Gasteiger partial charge in [-0.25, -0.2) is 0 Å². The molecule has 4 aromatic rings. The van der Waals surface area contributed by atoms with E-state index in [-0.39, 0.29) is 42.8 Å². The van der Waals surface area contributed by atoms with Gasteiger partial charge in [0.1, 0.15) is 5.75 Å². The first-order valence-electron chi connectivity index (χ1n) is 11.7. The van der Waals surface area contributed by atoms with Crippen molar-refractivity contribution >= 4 is 53.8 Å². The van der Waals surface area contributed by atoms with Gasteiger partial charge in [-0.1, -0.05) is 17.7 Å². The minimum Gasteiger partial charge on any atom is -0.494 e. The van der Waals surface area contributed by atoms with E-state index < -0.39 is 0 Å². The summed E-state index contributed by atoms with van der Waals surface area (Å²) in [6.07, 6.45) is 4.61. The third-order valence-corrected chi connectivity index (χ3v) is 5.95. The van der Waals surface area contributed by atoms with Crippen molar-refractivity contribution in [3.05, 3.63) is 101 Å². The molecule has 0 radical (unpaired) electrons. The first-order valence-corrected chi connectivity index (χ1v) is 11.7. The summed E-state index contributed by atoms with van der Waals surface area (Å²) in [6, 6.07) is 21.9. The molecule has 37 heavy (non-hydrogen) atoms. The van der Waals surface area contributed by atoms with Gasteiger partial charge in [0.25, 0.3) is 5.56 Å². The Bertz CT molecular complexity index is 1270. The lowest BCUT2D eigenvalue weighted by molar-refractivity contribution is 0.234. The van der Waals surface area contributed by atoms with Crippen LogP contribution in [0, 0.1) is 6.92 Å². The Labute approximate surface area is 237 Å². The molecule has 4 rings (SSSR count). The average molecular weight is 566 g/mol. The largest absolute Gasteiger partial charge is 0.494 e. The molecular formula is C28H35Cl3N4O2. The second-order valence-electron chi connectivity index (χ2n) is 8.58. The minimum atomic E-state index is -0.00711. The van der Waals surface area contributed by atoms with E-state index in [2.05, 4.69) is 58.5 Å². The van der Waals surface area contributed by atoms with Gasteiger partial charge in [0.2, 0.25) is 0 Å². The summed E-state index contributed by atoms with van der Waals surface area (Å²) >= 11 is 0. The van der Waals surface area contributed by atoms with Gasteiger partial charge in [0.15, 0.2) is 0 Å². The predicted octanol–water partition coefficient (Wildman–Crippen LogP) is 5.89. The summed E-state index contributed by atoms with van der Waals surface area (Å²) in [4.78, 5) is 18.4. The van der Waals surface area contributed by atoms with Crippen LogP contribution in [0.25, 0.3) is 10.9 Å². The number of rotatable bonds is 11. The number of benzene rings is 2. The van der Waals surface area contributed by atoms with Gasteiger partial charge >= 0.3 is 0 Å². The number of fused-ring (bicyclic) bond motifs is 1. The van der Waals surface area contributed by atoms with Crippen LogP contribution in [0.1, 0.15) is 17.5 Å². The number of nitrogens with zero attached hydrogens (tertiary/aromatic N) is 3. The van der Waals surface area contributed by atoms with E-state index in [1.54, 1.807) is 17.7 Å². The summed E-state index contributed by atoms with van der Waals surface area (Å²) in [5.41, 5.74) is 4.56. The van der Waals surface area contributed by atoms with Crippen LogP contribution in [-0.2, 0) is 13.6 Å². The SMILES string of the molecule is Cc1ccc(NCCN(CCCOc2ccc3c(ccc(=O)n3C)c2)Cc2ccncc2)cc1.Cl.Cl.Cl. The fourth-order valence-electron chi connectivity index (χ4n) is 3.98. The molecule has 0 fully saturated rings. The number of aryl methyl sites for hydroxylation is 2. The van der Waals surface area contributed by atoms with Crippen LogP contribution >= 0.6 is 37.2 Å². The highest BCUT2D eigenvalue weighted by Crippen LogP contribution is 2.19. The average Bonchev–Trinajstić information content (AvgIpc) is 2.86. The molecule has 0 saturated carbocycles. The van der Waals surface area contributed by atoms with Crippen LogP contribution in [0.4, 0.5) is 5.69 Å². The van der Waals surface area contributed by atoms with Gasteiger partial charge in [-0.05, 0) is 67.4 Å². The molecule has 0 amide bonds. The topological polar surface area (TPSA) is 59.4 Å². The van der Waals surface area contributed by atoms with Gasteiger partial charge in [-0.3, -0.25) is 14.7 Å². The standard InChI is InChI=1S/C28H32N4O2.3ClH/c1-22-4-7-25(8-5-22)30-16-18-32(21-23-12-14-29-15-13-23)17-3-19-34-26-9-10-27-24(20-26)6-11-28(33)31(27)2;;;/h4-15,20,30H,3,16-19,21H2,1-2H3;3*1H. The van der Waals surface area contributed by atoms with E-state index in [0.717, 1.165) is 54.9 Å². The van der Waals surface area contributed by atoms with Crippen molar-refractivity contribution in [2.24, 2.45) is 7.05 Å². The molecule has 0 spiro atoms. The van der Waals surface area contributed by atoms with Crippen molar-refractivity contribution < 1.29 is 4.74 Å². The highest BCUT2D eigenvalue weighted by Gasteiger charge is 2.07. The molecule has 0 bridgehead atoms. The van der Waals surface area contributed by atoms with Gasteiger partial charge in [0, 0.05) is 62.8 Å². The maximum absolute atomic E-state index is 11.8. The molecule has 0 aliphatic rings. The Morgan fingerprint density at radius 3 is 2.38 bits per heavy atom. The summed E-state index contributed by atoms with van der Waals surface area (Å²) in [5.74, 6) is 0.827. The Balaban J connectivity index is 0.00000228. The number of aromatic nitrogens is 2. The van der Waals surface area contributed by atoms with E-state index in [1.807, 2.05) is 36.7 Å². The van der Waals surface area contributed by atoms with Crippen LogP contribution in [0.3, 0.4) is 0 Å². The lowest BCUT2D eigenvalue weighted by Crippen LogP contribution is -2.30. The molecule has 2 aromatic carbocycles. The molecule has 0 saturated heterocycles. The van der Waals surface area contributed by atoms with Crippen molar-refractivity contribution in [1.82, 2.24) is 14.5 Å². The Kier molecular flexibility index (Phi) is 14.1. The molecule has 2 heterocycles. The number of anilines is 1. The van der Waals surface area contributed by atoms with Crippen molar-refractivity contribution in [3.8, 4) is 5.75 Å². The van der Waals surface area contributed by atoms with Crippen LogP contribution in [0.15, 0.2) is 83.9 Å². The van der Waals surface area contributed by atoms with Crippen LogP contribution in [-0.4, -0.2) is 40.7 Å². The molecule has 0 aliphatic carbocycles. The highest BCUT2D eigenvalue weighted by molar-refractivity contribution is 5.86. The maximum Gasteiger partial charge on any atom is 0.250 e. The van der Waals surface area contributed by atoms with Crippen LogP contribution in [0.5, 0.6) is 5.75 Å². The molecule has 9 heteroatoms. The van der Waals surface area contributed by atoms with E-state index in [1.165, 1.54) is 11.1 Å². The van der Waals surface area contributed by atoms with E-state index in [0.29, 0.717) is 6.61 Å². The monoisotopic (exact) mass is 564 g/mol. The number of hydrogen-bond donors (Lipinski definition) is 1. The summed E-state index contributed by atoms with van der Waals surface area (Å²) in [7, 11) is 1.79.